The predicted octanol–water partition coefficient (Wildman–Crippen LogP) is -0.893. The lowest BCUT2D eigenvalue weighted by molar-refractivity contribution is -0.146. The lowest BCUT2D eigenvalue weighted by atomic mass is 9.86. The Bertz CT molecular complexity index is 684. The van der Waals surface area contributed by atoms with Gasteiger partial charge >= 0.3 is 11.7 Å². The largest absolute Gasteiger partial charge is 0.469 e. The molecule has 9 nitrogen and oxygen atoms in total. The van der Waals surface area contributed by atoms with Crippen molar-refractivity contribution < 1.29 is 14.3 Å². The van der Waals surface area contributed by atoms with Crippen LogP contribution in [0, 0.1) is 5.92 Å². The molecule has 0 aliphatic heterocycles. The van der Waals surface area contributed by atoms with Crippen molar-refractivity contribution in [2.45, 2.75) is 31.7 Å². The number of anilines is 1. The Morgan fingerprint density at radius 1 is 1.18 bits per heavy atom. The number of hydrogen-bond acceptors (Lipinski definition) is 6. The van der Waals surface area contributed by atoms with Crippen LogP contribution in [0.3, 0.4) is 0 Å². The number of aromatic nitrogens is 2. The van der Waals surface area contributed by atoms with Crippen LogP contribution in [0.1, 0.15) is 36.2 Å². The summed E-state index contributed by atoms with van der Waals surface area (Å²) in [5.74, 6) is -1.00. The summed E-state index contributed by atoms with van der Waals surface area (Å²) < 4.78 is 4.70. The Balaban J connectivity index is 2.01. The van der Waals surface area contributed by atoms with E-state index >= 15 is 0 Å². The number of hydrogen-bond donors (Lipinski definition) is 4. The number of ether oxygens (including phenoxy) is 1. The topological polar surface area (TPSA) is 147 Å². The van der Waals surface area contributed by atoms with E-state index in [1.165, 1.54) is 7.11 Å². The van der Waals surface area contributed by atoms with Crippen molar-refractivity contribution >= 4 is 17.6 Å². The molecule has 1 aliphatic carbocycles. The van der Waals surface area contributed by atoms with Gasteiger partial charge in [-0.25, -0.2) is 4.79 Å². The standard InChI is InChI=1S/C13H18N4O5/c1-22-12(20)6-2-4-7(5-3-6)15-11(19)9-8(14)10(18)17-13(21)16-9/h6-7H,2-5,14H2,1H3,(H,15,19)(H2,16,17,18,21)/t6-,7+. The van der Waals surface area contributed by atoms with E-state index in [0.717, 1.165) is 0 Å². The van der Waals surface area contributed by atoms with Gasteiger partial charge in [-0.2, -0.15) is 0 Å². The second-order valence-electron chi connectivity index (χ2n) is 5.24. The number of nitrogens with two attached hydrogens (primary N) is 1. The SMILES string of the molecule is COC(=O)[C@H]1CC[C@@H](NC(=O)c2[nH]c(=O)[nH]c(=O)c2N)CC1. The highest BCUT2D eigenvalue weighted by Crippen LogP contribution is 2.25. The van der Waals surface area contributed by atoms with Gasteiger partial charge in [-0.1, -0.05) is 0 Å². The lowest BCUT2D eigenvalue weighted by Gasteiger charge is -2.27. The van der Waals surface area contributed by atoms with Gasteiger partial charge in [0.2, 0.25) is 0 Å². The lowest BCUT2D eigenvalue weighted by Crippen LogP contribution is -2.41. The van der Waals surface area contributed by atoms with E-state index < -0.39 is 17.2 Å². The molecule has 1 aromatic rings. The number of esters is 1. The van der Waals surface area contributed by atoms with Gasteiger partial charge in [0.15, 0.2) is 0 Å². The molecule has 0 aromatic carbocycles. The van der Waals surface area contributed by atoms with Crippen LogP contribution < -0.4 is 22.3 Å². The molecule has 1 saturated carbocycles. The summed E-state index contributed by atoms with van der Waals surface area (Å²) in [6.07, 6.45) is 2.44. The van der Waals surface area contributed by atoms with Crippen molar-refractivity contribution in [1.29, 1.82) is 0 Å². The summed E-state index contributed by atoms with van der Waals surface area (Å²) >= 11 is 0. The maximum atomic E-state index is 12.1. The molecule has 1 heterocycles. The van der Waals surface area contributed by atoms with Crippen LogP contribution in [0.2, 0.25) is 0 Å². The number of amides is 1. The van der Waals surface area contributed by atoms with Crippen LogP contribution in [0.15, 0.2) is 9.59 Å². The highest BCUT2D eigenvalue weighted by atomic mass is 16.5. The van der Waals surface area contributed by atoms with Crippen molar-refractivity contribution in [1.82, 2.24) is 15.3 Å². The second-order valence-corrected chi connectivity index (χ2v) is 5.24. The number of rotatable bonds is 3. The quantitative estimate of drug-likeness (QED) is 0.532. The van der Waals surface area contributed by atoms with Crippen molar-refractivity contribution in [3.8, 4) is 0 Å². The average Bonchev–Trinajstić information content (AvgIpc) is 2.50. The Kier molecular flexibility index (Phi) is 4.64. The Morgan fingerprint density at radius 3 is 2.41 bits per heavy atom. The Labute approximate surface area is 125 Å². The number of carbonyl (C=O) groups excluding carboxylic acids is 2. The zero-order chi connectivity index (χ0) is 16.3. The van der Waals surface area contributed by atoms with Crippen LogP contribution in [0.25, 0.3) is 0 Å². The van der Waals surface area contributed by atoms with E-state index in [2.05, 4.69) is 10.3 Å². The number of nitrogen functional groups attached to an aromatic ring is 1. The molecular formula is C13H18N4O5. The van der Waals surface area contributed by atoms with Crippen molar-refractivity contribution in [3.05, 3.63) is 26.5 Å². The molecule has 1 amide bonds. The first-order chi connectivity index (χ1) is 10.4. The summed E-state index contributed by atoms with van der Waals surface area (Å²) in [6, 6.07) is -0.143. The van der Waals surface area contributed by atoms with Gasteiger partial charge < -0.3 is 20.8 Å². The molecule has 0 bridgehead atoms. The molecule has 1 aliphatic rings. The molecule has 0 atom stereocenters. The van der Waals surface area contributed by atoms with E-state index in [9.17, 15) is 19.2 Å². The van der Waals surface area contributed by atoms with Crippen molar-refractivity contribution in [3.63, 3.8) is 0 Å². The third kappa shape index (κ3) is 3.35. The molecule has 0 spiro atoms. The number of nitrogens with one attached hydrogen (secondary N) is 3. The third-order valence-corrected chi connectivity index (χ3v) is 3.80. The predicted molar refractivity (Wildman–Crippen MR) is 77.3 cm³/mol. The van der Waals surface area contributed by atoms with Gasteiger partial charge in [-0.05, 0) is 25.7 Å². The summed E-state index contributed by atoms with van der Waals surface area (Å²) in [5.41, 5.74) is 3.33. The van der Waals surface area contributed by atoms with Gasteiger partial charge in [0, 0.05) is 6.04 Å². The minimum Gasteiger partial charge on any atom is -0.469 e. The second kappa shape index (κ2) is 6.46. The smallest absolute Gasteiger partial charge is 0.326 e. The Hall–Kier alpha value is -2.58. The van der Waals surface area contributed by atoms with Crippen LogP contribution >= 0.6 is 0 Å². The molecule has 5 N–H and O–H groups in total. The van der Waals surface area contributed by atoms with E-state index in [1.54, 1.807) is 0 Å². The van der Waals surface area contributed by atoms with Crippen LogP contribution in [-0.4, -0.2) is 35.0 Å². The molecule has 120 valence electrons. The minimum atomic E-state index is -0.803. The molecule has 2 rings (SSSR count). The fourth-order valence-electron chi connectivity index (χ4n) is 2.57. The zero-order valence-electron chi connectivity index (χ0n) is 12.1. The van der Waals surface area contributed by atoms with Crippen LogP contribution in [0.4, 0.5) is 5.69 Å². The number of H-pyrrole nitrogens is 2. The summed E-state index contributed by atoms with van der Waals surface area (Å²) in [5, 5.41) is 2.71. The molecule has 1 fully saturated rings. The van der Waals surface area contributed by atoms with E-state index in [1.807, 2.05) is 4.98 Å². The molecule has 0 unspecified atom stereocenters. The van der Waals surface area contributed by atoms with Gasteiger partial charge in [0.25, 0.3) is 11.5 Å². The zero-order valence-corrected chi connectivity index (χ0v) is 12.1. The van der Waals surface area contributed by atoms with Crippen LogP contribution in [0.5, 0.6) is 0 Å². The van der Waals surface area contributed by atoms with E-state index in [-0.39, 0.29) is 29.3 Å². The minimum absolute atomic E-state index is 0.143. The van der Waals surface area contributed by atoms with E-state index in [4.69, 9.17) is 10.5 Å². The average molecular weight is 310 g/mol. The summed E-state index contributed by atoms with van der Waals surface area (Å²) in [4.78, 5) is 50.3. The molecule has 1 aromatic heterocycles. The fraction of sp³-hybridized carbons (Fsp3) is 0.538. The first kappa shape index (κ1) is 15.8. The molecular weight excluding hydrogens is 292 g/mol. The summed E-state index contributed by atoms with van der Waals surface area (Å²) in [6.45, 7) is 0. The fourth-order valence-corrected chi connectivity index (χ4v) is 2.57. The van der Waals surface area contributed by atoms with Gasteiger partial charge in [-0.15, -0.1) is 0 Å². The van der Waals surface area contributed by atoms with Crippen molar-refractivity contribution in [2.24, 2.45) is 5.92 Å². The number of carbonyl (C=O) groups is 2. The first-order valence-corrected chi connectivity index (χ1v) is 6.93. The first-order valence-electron chi connectivity index (χ1n) is 6.93. The third-order valence-electron chi connectivity index (χ3n) is 3.80. The molecule has 0 radical (unpaired) electrons. The molecule has 0 saturated heterocycles. The van der Waals surface area contributed by atoms with Gasteiger partial charge in [0.1, 0.15) is 11.4 Å². The maximum absolute atomic E-state index is 12.1. The molecule has 9 heteroatoms. The monoisotopic (exact) mass is 310 g/mol. The highest BCUT2D eigenvalue weighted by Gasteiger charge is 2.28. The van der Waals surface area contributed by atoms with Gasteiger partial charge in [0.05, 0.1) is 13.0 Å². The molecule has 22 heavy (non-hydrogen) atoms. The maximum Gasteiger partial charge on any atom is 0.326 e. The van der Waals surface area contributed by atoms with Gasteiger partial charge in [-0.3, -0.25) is 19.4 Å². The number of aromatic amines is 2. The van der Waals surface area contributed by atoms with Crippen molar-refractivity contribution in [2.75, 3.05) is 12.8 Å². The van der Waals surface area contributed by atoms with E-state index in [0.29, 0.717) is 25.7 Å². The normalized spacial score (nSPS) is 21.1. The number of methoxy groups -OCH3 is 1. The van der Waals surface area contributed by atoms with Crippen LogP contribution in [-0.2, 0) is 9.53 Å². The summed E-state index contributed by atoms with van der Waals surface area (Å²) in [7, 11) is 1.35. The highest BCUT2D eigenvalue weighted by molar-refractivity contribution is 5.96. The Morgan fingerprint density at radius 2 is 1.82 bits per heavy atom.